The number of nitrogens with zero attached hydrogens (tertiary/aromatic N) is 2. The van der Waals surface area contributed by atoms with Crippen LogP contribution in [0.1, 0.15) is 6.92 Å². The van der Waals surface area contributed by atoms with Gasteiger partial charge in [0.1, 0.15) is 5.82 Å². The lowest BCUT2D eigenvalue weighted by atomic mass is 10.3. The molecule has 94 valence electrons. The second kappa shape index (κ2) is 4.77. The van der Waals surface area contributed by atoms with E-state index in [0.717, 1.165) is 6.54 Å². The summed E-state index contributed by atoms with van der Waals surface area (Å²) in [6, 6.07) is 3.57. The molecule has 1 aliphatic rings. The average molecular weight is 238 g/mol. The molecule has 2 heterocycles. The molecule has 1 saturated heterocycles. The van der Waals surface area contributed by atoms with Crippen LogP contribution in [0.4, 0.5) is 17.3 Å². The quantitative estimate of drug-likeness (QED) is 0.574. The molecule has 5 N–H and O–H groups in total. The minimum Gasteiger partial charge on any atom is -0.396 e. The van der Waals surface area contributed by atoms with E-state index >= 15 is 0 Å². The lowest BCUT2D eigenvalue weighted by Gasteiger charge is -2.18. The van der Waals surface area contributed by atoms with Gasteiger partial charge in [-0.15, -0.1) is 0 Å². The maximum absolute atomic E-state index is 9.50. The van der Waals surface area contributed by atoms with Crippen LogP contribution in [0.3, 0.4) is 0 Å². The fourth-order valence-corrected chi connectivity index (χ4v) is 1.90. The Morgan fingerprint density at radius 3 is 2.65 bits per heavy atom. The Morgan fingerprint density at radius 2 is 2.06 bits per heavy atom. The lowest BCUT2D eigenvalue weighted by molar-refractivity contribution is 0.0572. The second-order valence-corrected chi connectivity index (χ2v) is 4.18. The second-order valence-electron chi connectivity index (χ2n) is 4.18. The summed E-state index contributed by atoms with van der Waals surface area (Å²) >= 11 is 0. The van der Waals surface area contributed by atoms with E-state index in [1.54, 1.807) is 12.1 Å². The van der Waals surface area contributed by atoms with Crippen LogP contribution in [0.5, 0.6) is 0 Å². The van der Waals surface area contributed by atoms with Crippen LogP contribution in [0, 0.1) is 0 Å². The molecule has 1 aromatic heterocycles. The molecule has 0 bridgehead atoms. The third kappa shape index (κ3) is 2.42. The predicted molar refractivity (Wildman–Crippen MR) is 67.0 cm³/mol. The van der Waals surface area contributed by atoms with E-state index in [0.29, 0.717) is 30.4 Å². The molecular weight excluding hydrogens is 220 g/mol. The van der Waals surface area contributed by atoms with Gasteiger partial charge in [0.2, 0.25) is 0 Å². The summed E-state index contributed by atoms with van der Waals surface area (Å²) in [5.74, 6) is 1.35. The number of hydrogen-bond acceptors (Lipinski definition) is 6. The van der Waals surface area contributed by atoms with Crippen LogP contribution in [-0.2, 0) is 0 Å². The van der Waals surface area contributed by atoms with Crippen molar-refractivity contribution >= 4 is 17.3 Å². The molecule has 2 atom stereocenters. The number of nitrogens with one attached hydrogen (secondary N) is 1. The van der Waals surface area contributed by atoms with E-state index in [-0.39, 0.29) is 0 Å². The normalized spacial score (nSPS) is 24.1. The molecule has 1 aliphatic heterocycles. The van der Waals surface area contributed by atoms with E-state index in [9.17, 15) is 10.2 Å². The maximum Gasteiger partial charge on any atom is 0.151 e. The van der Waals surface area contributed by atoms with Crippen LogP contribution in [-0.4, -0.2) is 47.0 Å². The molecule has 0 spiro atoms. The number of pyridine rings is 1. The standard InChI is InChI=1S/C11H18N4O2/c1-2-13-11-7(12)3-4-10(14-11)15-5-8(16)9(17)6-15/h3-4,8-9,16-17H,2,5-6,12H2,1H3,(H,13,14). The Kier molecular flexibility index (Phi) is 3.35. The van der Waals surface area contributed by atoms with E-state index in [1.807, 2.05) is 11.8 Å². The van der Waals surface area contributed by atoms with Gasteiger partial charge in [-0.2, -0.15) is 0 Å². The van der Waals surface area contributed by atoms with E-state index in [4.69, 9.17) is 5.73 Å². The predicted octanol–water partition coefficient (Wildman–Crippen LogP) is -0.363. The van der Waals surface area contributed by atoms with Crippen molar-refractivity contribution in [1.29, 1.82) is 0 Å². The van der Waals surface area contributed by atoms with Crippen molar-refractivity contribution in [3.8, 4) is 0 Å². The Labute approximate surface area is 100 Å². The summed E-state index contributed by atoms with van der Waals surface area (Å²) in [5.41, 5.74) is 6.38. The summed E-state index contributed by atoms with van der Waals surface area (Å²) in [7, 11) is 0. The van der Waals surface area contributed by atoms with E-state index in [2.05, 4.69) is 10.3 Å². The van der Waals surface area contributed by atoms with Gasteiger partial charge in [0.05, 0.1) is 17.9 Å². The van der Waals surface area contributed by atoms with Gasteiger partial charge in [-0.05, 0) is 19.1 Å². The first-order valence-electron chi connectivity index (χ1n) is 5.73. The van der Waals surface area contributed by atoms with Crippen molar-refractivity contribution in [3.05, 3.63) is 12.1 Å². The molecule has 17 heavy (non-hydrogen) atoms. The fraction of sp³-hybridized carbons (Fsp3) is 0.545. The number of rotatable bonds is 3. The van der Waals surface area contributed by atoms with Gasteiger partial charge in [0.25, 0.3) is 0 Å². The third-order valence-electron chi connectivity index (χ3n) is 2.84. The monoisotopic (exact) mass is 238 g/mol. The molecule has 6 heteroatoms. The van der Waals surface area contributed by atoms with Crippen molar-refractivity contribution in [2.75, 3.05) is 35.6 Å². The molecule has 0 aromatic carbocycles. The molecule has 0 amide bonds. The van der Waals surface area contributed by atoms with Gasteiger partial charge < -0.3 is 26.2 Å². The van der Waals surface area contributed by atoms with Crippen molar-refractivity contribution in [2.24, 2.45) is 0 Å². The smallest absolute Gasteiger partial charge is 0.151 e. The Morgan fingerprint density at radius 1 is 1.41 bits per heavy atom. The number of β-amino-alcohol motifs (C(OH)–C–C–N with tert-alkyl or cyclic N) is 2. The van der Waals surface area contributed by atoms with Crippen molar-refractivity contribution in [2.45, 2.75) is 19.1 Å². The van der Waals surface area contributed by atoms with Crippen LogP contribution in [0.2, 0.25) is 0 Å². The number of nitrogens with two attached hydrogens (primary N) is 1. The van der Waals surface area contributed by atoms with Crippen LogP contribution in [0.15, 0.2) is 12.1 Å². The summed E-state index contributed by atoms with van der Waals surface area (Å²) in [4.78, 5) is 6.22. The molecule has 1 fully saturated rings. The number of hydrogen-bond donors (Lipinski definition) is 4. The number of aliphatic hydroxyl groups excluding tert-OH is 2. The lowest BCUT2D eigenvalue weighted by Crippen LogP contribution is -2.22. The summed E-state index contributed by atoms with van der Waals surface area (Å²) in [6.07, 6.45) is -1.42. The average Bonchev–Trinajstić information content (AvgIpc) is 2.63. The molecule has 2 unspecified atom stereocenters. The van der Waals surface area contributed by atoms with Crippen LogP contribution >= 0.6 is 0 Å². The molecule has 0 radical (unpaired) electrons. The van der Waals surface area contributed by atoms with E-state index in [1.165, 1.54) is 0 Å². The van der Waals surface area contributed by atoms with Gasteiger partial charge >= 0.3 is 0 Å². The molecule has 0 saturated carbocycles. The highest BCUT2D eigenvalue weighted by molar-refractivity contribution is 5.65. The van der Waals surface area contributed by atoms with Gasteiger partial charge in [-0.1, -0.05) is 0 Å². The van der Waals surface area contributed by atoms with Gasteiger partial charge in [-0.3, -0.25) is 0 Å². The first-order chi connectivity index (χ1) is 8.11. The minimum absolute atomic E-state index is 0.393. The minimum atomic E-state index is -0.711. The Balaban J connectivity index is 2.19. The Hall–Kier alpha value is -1.53. The zero-order valence-corrected chi connectivity index (χ0v) is 9.80. The van der Waals surface area contributed by atoms with Gasteiger partial charge in [0.15, 0.2) is 5.82 Å². The van der Waals surface area contributed by atoms with Crippen molar-refractivity contribution < 1.29 is 10.2 Å². The first-order valence-corrected chi connectivity index (χ1v) is 5.73. The van der Waals surface area contributed by atoms with Crippen LogP contribution in [0.25, 0.3) is 0 Å². The molecule has 0 aliphatic carbocycles. The third-order valence-corrected chi connectivity index (χ3v) is 2.84. The zero-order chi connectivity index (χ0) is 12.4. The highest BCUT2D eigenvalue weighted by Gasteiger charge is 2.30. The topological polar surface area (TPSA) is 94.6 Å². The largest absolute Gasteiger partial charge is 0.396 e. The number of anilines is 3. The summed E-state index contributed by atoms with van der Waals surface area (Å²) < 4.78 is 0. The van der Waals surface area contributed by atoms with Crippen LogP contribution < -0.4 is 16.0 Å². The Bertz CT molecular complexity index is 389. The van der Waals surface area contributed by atoms with Crippen molar-refractivity contribution in [1.82, 2.24) is 4.98 Å². The highest BCUT2D eigenvalue weighted by Crippen LogP contribution is 2.24. The maximum atomic E-state index is 9.50. The first kappa shape index (κ1) is 11.9. The van der Waals surface area contributed by atoms with Crippen molar-refractivity contribution in [3.63, 3.8) is 0 Å². The molecule has 1 aromatic rings. The SMILES string of the molecule is CCNc1nc(N2CC(O)C(O)C2)ccc1N. The fourth-order valence-electron chi connectivity index (χ4n) is 1.90. The molecule has 6 nitrogen and oxygen atoms in total. The molecule has 2 rings (SSSR count). The molecular formula is C11H18N4O2. The van der Waals surface area contributed by atoms with E-state index < -0.39 is 12.2 Å². The summed E-state index contributed by atoms with van der Waals surface area (Å²) in [6.45, 7) is 3.50. The van der Waals surface area contributed by atoms with Gasteiger partial charge in [0, 0.05) is 19.6 Å². The number of nitrogen functional groups attached to an aromatic ring is 1. The highest BCUT2D eigenvalue weighted by atomic mass is 16.3. The summed E-state index contributed by atoms with van der Waals surface area (Å²) in [5, 5.41) is 22.1. The zero-order valence-electron chi connectivity index (χ0n) is 9.80. The number of aliphatic hydroxyl groups is 2. The number of aromatic nitrogens is 1. The van der Waals surface area contributed by atoms with Gasteiger partial charge in [-0.25, -0.2) is 4.98 Å².